The van der Waals surface area contributed by atoms with Gasteiger partial charge in [0.15, 0.2) is 5.78 Å². The molecule has 4 N–H and O–H groups in total. The van der Waals surface area contributed by atoms with Crippen molar-refractivity contribution in [2.24, 2.45) is 0 Å². The number of phenolic OH excluding ortho intramolecular Hbond substituents is 4. The number of rotatable bonds is 11. The molecule has 0 aliphatic heterocycles. The summed E-state index contributed by atoms with van der Waals surface area (Å²) in [5.74, 6) is -0.530. The van der Waals surface area contributed by atoms with E-state index in [4.69, 9.17) is 14.2 Å². The fourth-order valence-corrected chi connectivity index (χ4v) is 5.13. The van der Waals surface area contributed by atoms with Crippen LogP contribution in [0.1, 0.15) is 83.9 Å². The molecule has 0 saturated heterocycles. The van der Waals surface area contributed by atoms with Gasteiger partial charge in [-0.15, -0.1) is 0 Å². The first-order chi connectivity index (χ1) is 18.7. The number of methoxy groups -OCH3 is 3. The molecule has 40 heavy (non-hydrogen) atoms. The molecule has 0 fully saturated rings. The predicted molar refractivity (Wildman–Crippen MR) is 152 cm³/mol. The third-order valence-corrected chi connectivity index (χ3v) is 7.64. The molecule has 8 heteroatoms. The second kappa shape index (κ2) is 11.9. The molecule has 0 aliphatic rings. The molecule has 0 saturated carbocycles. The first-order valence-corrected chi connectivity index (χ1v) is 13.0. The van der Waals surface area contributed by atoms with Gasteiger partial charge in [0.25, 0.3) is 0 Å². The SMILES string of the molecule is COCc1cc(C(C)(C)c2cc(C(C)(C)c3cc(COC)c(O)c(C(C)=O)c3)c(O)cc2O)cc(COC)c1O. The number of hydrogen-bond donors (Lipinski definition) is 4. The van der Waals surface area contributed by atoms with Crippen LogP contribution in [0.3, 0.4) is 0 Å². The summed E-state index contributed by atoms with van der Waals surface area (Å²) in [6.45, 7) is 9.55. The lowest BCUT2D eigenvalue weighted by atomic mass is 9.71. The lowest BCUT2D eigenvalue weighted by Crippen LogP contribution is -2.24. The highest BCUT2D eigenvalue weighted by Crippen LogP contribution is 2.46. The zero-order chi connectivity index (χ0) is 30.0. The quantitative estimate of drug-likeness (QED) is 0.220. The van der Waals surface area contributed by atoms with Gasteiger partial charge in [-0.2, -0.15) is 0 Å². The number of carbonyl (C=O) groups excluding carboxylic acids is 1. The Balaban J connectivity index is 2.25. The van der Waals surface area contributed by atoms with Crippen molar-refractivity contribution in [3.63, 3.8) is 0 Å². The first-order valence-electron chi connectivity index (χ1n) is 13.0. The highest BCUT2D eigenvalue weighted by atomic mass is 16.5. The van der Waals surface area contributed by atoms with E-state index in [9.17, 15) is 25.2 Å². The minimum absolute atomic E-state index is 0.0908. The third-order valence-electron chi connectivity index (χ3n) is 7.64. The summed E-state index contributed by atoms with van der Waals surface area (Å²) in [4.78, 5) is 12.3. The maximum absolute atomic E-state index is 12.3. The van der Waals surface area contributed by atoms with Crippen molar-refractivity contribution < 1.29 is 39.4 Å². The topological polar surface area (TPSA) is 126 Å². The lowest BCUT2D eigenvalue weighted by molar-refractivity contribution is 0.101. The van der Waals surface area contributed by atoms with Gasteiger partial charge in [-0.3, -0.25) is 4.79 Å². The smallest absolute Gasteiger partial charge is 0.163 e. The van der Waals surface area contributed by atoms with E-state index in [2.05, 4.69) is 0 Å². The molecule has 0 aromatic heterocycles. The van der Waals surface area contributed by atoms with Crippen LogP contribution < -0.4 is 0 Å². The Labute approximate surface area is 235 Å². The second-order valence-corrected chi connectivity index (χ2v) is 11.2. The maximum atomic E-state index is 12.3. The van der Waals surface area contributed by atoms with E-state index in [-0.39, 0.29) is 54.2 Å². The Kier molecular flexibility index (Phi) is 9.19. The summed E-state index contributed by atoms with van der Waals surface area (Å²) in [7, 11) is 4.60. The normalized spacial score (nSPS) is 12.1. The molecule has 0 atom stereocenters. The minimum atomic E-state index is -0.847. The molecule has 0 radical (unpaired) electrons. The number of benzene rings is 3. The number of aromatic hydroxyl groups is 4. The Morgan fingerprint density at radius 2 is 1.00 bits per heavy atom. The van der Waals surface area contributed by atoms with E-state index in [1.807, 2.05) is 39.8 Å². The van der Waals surface area contributed by atoms with Crippen LogP contribution >= 0.6 is 0 Å². The Morgan fingerprint density at radius 1 is 0.625 bits per heavy atom. The van der Waals surface area contributed by atoms with Gasteiger partial charge in [0, 0.05) is 66.0 Å². The van der Waals surface area contributed by atoms with Gasteiger partial charge in [-0.25, -0.2) is 0 Å². The monoisotopic (exact) mass is 552 g/mol. The summed E-state index contributed by atoms with van der Waals surface area (Å²) < 4.78 is 15.8. The van der Waals surface area contributed by atoms with Crippen molar-refractivity contribution in [3.8, 4) is 23.0 Å². The summed E-state index contributed by atoms with van der Waals surface area (Å²) in [5.41, 5.74) is 2.73. The van der Waals surface area contributed by atoms with Crippen LogP contribution in [0.2, 0.25) is 0 Å². The molecule has 3 aromatic rings. The number of ketones is 1. The Morgan fingerprint density at radius 3 is 1.38 bits per heavy atom. The lowest BCUT2D eigenvalue weighted by Gasteiger charge is -2.33. The van der Waals surface area contributed by atoms with Gasteiger partial charge < -0.3 is 34.6 Å². The summed E-state index contributed by atoms with van der Waals surface area (Å²) in [6.07, 6.45) is 0. The molecule has 0 unspecified atom stereocenters. The molecule has 3 rings (SSSR count). The average molecular weight is 553 g/mol. The molecular weight excluding hydrogens is 512 g/mol. The molecule has 0 aliphatic carbocycles. The molecular formula is C32H40O8. The van der Waals surface area contributed by atoms with Crippen LogP contribution in [0.15, 0.2) is 36.4 Å². The number of Topliss-reactive ketones (excluding diaryl/α,β-unsaturated/α-hetero) is 1. The van der Waals surface area contributed by atoms with E-state index in [0.29, 0.717) is 33.4 Å². The van der Waals surface area contributed by atoms with E-state index in [0.717, 1.165) is 5.56 Å². The van der Waals surface area contributed by atoms with E-state index >= 15 is 0 Å². The molecule has 0 heterocycles. The van der Waals surface area contributed by atoms with Gasteiger partial charge in [0.1, 0.15) is 23.0 Å². The van der Waals surface area contributed by atoms with Gasteiger partial charge in [0.05, 0.1) is 25.4 Å². The van der Waals surface area contributed by atoms with Crippen molar-refractivity contribution in [1.82, 2.24) is 0 Å². The van der Waals surface area contributed by atoms with Crippen LogP contribution in [-0.2, 0) is 44.9 Å². The fourth-order valence-electron chi connectivity index (χ4n) is 5.13. The first kappa shape index (κ1) is 30.9. The van der Waals surface area contributed by atoms with Crippen LogP contribution in [0.4, 0.5) is 0 Å². The second-order valence-electron chi connectivity index (χ2n) is 11.2. The largest absolute Gasteiger partial charge is 0.507 e. The highest BCUT2D eigenvalue weighted by molar-refractivity contribution is 5.97. The highest BCUT2D eigenvalue weighted by Gasteiger charge is 2.34. The van der Waals surface area contributed by atoms with Gasteiger partial charge in [-0.05, 0) is 48.4 Å². The Bertz CT molecular complexity index is 1380. The van der Waals surface area contributed by atoms with E-state index in [1.165, 1.54) is 20.1 Å². The predicted octanol–water partition coefficient (Wildman–Crippen LogP) is 5.80. The summed E-state index contributed by atoms with van der Waals surface area (Å²) in [5, 5.41) is 43.5. The van der Waals surface area contributed by atoms with Gasteiger partial charge in [-0.1, -0.05) is 27.7 Å². The van der Waals surface area contributed by atoms with Crippen molar-refractivity contribution in [2.45, 2.75) is 65.3 Å². The zero-order valence-electron chi connectivity index (χ0n) is 24.5. The molecule has 8 nitrogen and oxygen atoms in total. The van der Waals surface area contributed by atoms with Crippen molar-refractivity contribution >= 4 is 5.78 Å². The van der Waals surface area contributed by atoms with Crippen LogP contribution in [0.5, 0.6) is 23.0 Å². The molecule has 3 aromatic carbocycles. The Hall–Kier alpha value is -3.59. The van der Waals surface area contributed by atoms with Crippen molar-refractivity contribution in [3.05, 3.63) is 80.9 Å². The third kappa shape index (κ3) is 5.80. The molecule has 216 valence electrons. The van der Waals surface area contributed by atoms with Crippen LogP contribution in [0, 0.1) is 0 Å². The number of hydrogen-bond acceptors (Lipinski definition) is 8. The number of carbonyl (C=O) groups is 1. The minimum Gasteiger partial charge on any atom is -0.507 e. The van der Waals surface area contributed by atoms with Gasteiger partial charge >= 0.3 is 0 Å². The van der Waals surface area contributed by atoms with E-state index in [1.54, 1.807) is 32.4 Å². The van der Waals surface area contributed by atoms with Crippen molar-refractivity contribution in [1.29, 1.82) is 0 Å². The number of phenols is 4. The van der Waals surface area contributed by atoms with Crippen LogP contribution in [-0.4, -0.2) is 47.5 Å². The average Bonchev–Trinajstić information content (AvgIpc) is 2.87. The standard InChI is InChI=1S/C32H40O8/c1-18(33)24-12-23(11-21(17-40-8)30(24)37)32(4,5)26-13-25(27(34)14-28(26)35)31(2,3)22-9-19(15-38-6)29(36)20(10-22)16-39-7/h9-14,34-37H,15-17H2,1-8H3. The molecule has 0 amide bonds. The number of ether oxygens (including phenoxy) is 3. The molecule has 0 spiro atoms. The molecule has 0 bridgehead atoms. The van der Waals surface area contributed by atoms with Crippen LogP contribution in [0.25, 0.3) is 0 Å². The maximum Gasteiger partial charge on any atom is 0.163 e. The summed E-state index contributed by atoms with van der Waals surface area (Å²) >= 11 is 0. The zero-order valence-corrected chi connectivity index (χ0v) is 24.5. The van der Waals surface area contributed by atoms with E-state index < -0.39 is 10.8 Å². The fraction of sp³-hybridized carbons (Fsp3) is 0.406. The van der Waals surface area contributed by atoms with Gasteiger partial charge in [0.2, 0.25) is 0 Å². The summed E-state index contributed by atoms with van der Waals surface area (Å²) in [6, 6.07) is 10.2. The van der Waals surface area contributed by atoms with Crippen molar-refractivity contribution in [2.75, 3.05) is 21.3 Å².